The first-order valence-electron chi connectivity index (χ1n) is 8.35. The summed E-state index contributed by atoms with van der Waals surface area (Å²) in [6.07, 6.45) is 1.86. The van der Waals surface area contributed by atoms with Gasteiger partial charge in [0.15, 0.2) is 6.04 Å². The molecule has 1 aromatic heterocycles. The van der Waals surface area contributed by atoms with Gasteiger partial charge in [0.1, 0.15) is 25.3 Å². The first kappa shape index (κ1) is 17.6. The molecule has 0 spiro atoms. The number of ether oxygens (including phenoxy) is 2. The zero-order chi connectivity index (χ0) is 18.2. The van der Waals surface area contributed by atoms with Gasteiger partial charge in [0.2, 0.25) is 0 Å². The average molecular weight is 352 g/mol. The van der Waals surface area contributed by atoms with Crippen molar-refractivity contribution in [2.45, 2.75) is 19.4 Å². The second-order valence-electron chi connectivity index (χ2n) is 5.82. The third-order valence-electron chi connectivity index (χ3n) is 3.85. The lowest BCUT2D eigenvalue weighted by Crippen LogP contribution is -2.26. The maximum absolute atomic E-state index is 12.5. The third kappa shape index (κ3) is 4.89. The molecule has 26 heavy (non-hydrogen) atoms. The number of carbonyl (C=O) groups is 1. The van der Waals surface area contributed by atoms with Gasteiger partial charge in [-0.3, -0.25) is 0 Å². The summed E-state index contributed by atoms with van der Waals surface area (Å²) in [7, 11) is 0. The van der Waals surface area contributed by atoms with Crippen LogP contribution in [-0.4, -0.2) is 39.4 Å². The van der Waals surface area contributed by atoms with E-state index in [9.17, 15) is 4.79 Å². The highest BCUT2D eigenvalue weighted by atomic mass is 16.6. The molecule has 0 fully saturated rings. The van der Waals surface area contributed by atoms with Crippen LogP contribution in [0.1, 0.15) is 17.2 Å². The fraction of sp³-hybridized carbons (Fsp3) is 0.263. The van der Waals surface area contributed by atoms with Crippen LogP contribution < -0.4 is 4.74 Å². The number of tetrazole rings is 1. The maximum Gasteiger partial charge on any atom is 0.331 e. The number of rotatable bonds is 8. The quantitative estimate of drug-likeness (QED) is 0.457. The molecule has 2 aromatic carbocycles. The number of carbonyl (C=O) groups excluding carboxylic acids is 1. The number of hydrogen-bond acceptors (Lipinski definition) is 6. The highest BCUT2D eigenvalue weighted by Crippen LogP contribution is 2.15. The summed E-state index contributed by atoms with van der Waals surface area (Å²) in [6, 6.07) is 16.8. The Morgan fingerprint density at radius 2 is 1.85 bits per heavy atom. The molecule has 3 aromatic rings. The van der Waals surface area contributed by atoms with Crippen LogP contribution in [0, 0.1) is 6.92 Å². The van der Waals surface area contributed by atoms with Gasteiger partial charge in [0, 0.05) is 6.42 Å². The van der Waals surface area contributed by atoms with E-state index >= 15 is 0 Å². The fourth-order valence-corrected chi connectivity index (χ4v) is 2.47. The van der Waals surface area contributed by atoms with Gasteiger partial charge in [0.25, 0.3) is 0 Å². The summed E-state index contributed by atoms with van der Waals surface area (Å²) in [5.41, 5.74) is 2.16. The zero-order valence-corrected chi connectivity index (χ0v) is 14.5. The van der Waals surface area contributed by atoms with E-state index < -0.39 is 12.0 Å². The van der Waals surface area contributed by atoms with Crippen molar-refractivity contribution in [1.82, 2.24) is 20.2 Å². The molecule has 0 aliphatic rings. The maximum atomic E-state index is 12.5. The molecular weight excluding hydrogens is 332 g/mol. The molecule has 7 heteroatoms. The van der Waals surface area contributed by atoms with Gasteiger partial charge in [-0.15, -0.1) is 5.10 Å². The number of benzene rings is 2. The van der Waals surface area contributed by atoms with E-state index in [0.29, 0.717) is 6.42 Å². The van der Waals surface area contributed by atoms with Crippen molar-refractivity contribution < 1.29 is 14.3 Å². The van der Waals surface area contributed by atoms with Crippen molar-refractivity contribution in [2.75, 3.05) is 13.2 Å². The van der Waals surface area contributed by atoms with Crippen molar-refractivity contribution in [1.29, 1.82) is 0 Å². The second-order valence-corrected chi connectivity index (χ2v) is 5.82. The third-order valence-corrected chi connectivity index (χ3v) is 3.85. The highest BCUT2D eigenvalue weighted by molar-refractivity contribution is 5.74. The van der Waals surface area contributed by atoms with Crippen LogP contribution in [0.2, 0.25) is 0 Å². The normalized spacial score (nSPS) is 11.7. The topological polar surface area (TPSA) is 79.1 Å². The van der Waals surface area contributed by atoms with Gasteiger partial charge in [-0.1, -0.05) is 48.0 Å². The largest absolute Gasteiger partial charge is 0.490 e. The Morgan fingerprint density at radius 3 is 2.54 bits per heavy atom. The van der Waals surface area contributed by atoms with E-state index in [1.165, 1.54) is 11.0 Å². The molecule has 0 N–H and O–H groups in total. The van der Waals surface area contributed by atoms with Crippen LogP contribution in [0.3, 0.4) is 0 Å². The van der Waals surface area contributed by atoms with Crippen LogP contribution in [0.25, 0.3) is 0 Å². The van der Waals surface area contributed by atoms with E-state index in [1.54, 1.807) is 0 Å². The molecule has 0 radical (unpaired) electrons. The van der Waals surface area contributed by atoms with Crippen LogP contribution in [0.4, 0.5) is 0 Å². The van der Waals surface area contributed by atoms with E-state index in [-0.39, 0.29) is 13.2 Å². The number of aryl methyl sites for hydroxylation is 1. The summed E-state index contributed by atoms with van der Waals surface area (Å²) in [5.74, 6) is 0.349. The van der Waals surface area contributed by atoms with Gasteiger partial charge in [-0.05, 0) is 35.0 Å². The van der Waals surface area contributed by atoms with Crippen LogP contribution in [0.15, 0.2) is 60.9 Å². The molecule has 7 nitrogen and oxygen atoms in total. The number of aromatic nitrogens is 4. The predicted molar refractivity (Wildman–Crippen MR) is 94.6 cm³/mol. The van der Waals surface area contributed by atoms with Crippen molar-refractivity contribution in [3.63, 3.8) is 0 Å². The monoisotopic (exact) mass is 352 g/mol. The Balaban J connectivity index is 1.54. The lowest BCUT2D eigenvalue weighted by Gasteiger charge is -2.16. The Hall–Kier alpha value is -3.22. The summed E-state index contributed by atoms with van der Waals surface area (Å²) >= 11 is 0. The molecule has 0 saturated heterocycles. The summed E-state index contributed by atoms with van der Waals surface area (Å²) in [6.45, 7) is 2.44. The van der Waals surface area contributed by atoms with Crippen molar-refractivity contribution in [3.05, 3.63) is 72.1 Å². The molecule has 0 bridgehead atoms. The first-order chi connectivity index (χ1) is 12.7. The fourth-order valence-electron chi connectivity index (χ4n) is 2.47. The molecule has 0 aliphatic carbocycles. The Kier molecular flexibility index (Phi) is 5.92. The Bertz CT molecular complexity index is 805. The van der Waals surface area contributed by atoms with Gasteiger partial charge in [-0.2, -0.15) is 0 Å². The van der Waals surface area contributed by atoms with Gasteiger partial charge in [-0.25, -0.2) is 9.48 Å². The number of nitrogens with zero attached hydrogens (tertiary/aromatic N) is 4. The summed E-state index contributed by atoms with van der Waals surface area (Å²) < 4.78 is 12.4. The zero-order valence-electron chi connectivity index (χ0n) is 14.5. The minimum absolute atomic E-state index is 0.153. The van der Waals surface area contributed by atoms with E-state index in [2.05, 4.69) is 15.5 Å². The van der Waals surface area contributed by atoms with Crippen molar-refractivity contribution in [3.8, 4) is 5.75 Å². The standard InChI is InChI=1S/C19H20N4O3/c1-15-7-9-17(10-8-15)25-11-12-26-19(24)18(23-14-20-21-22-23)13-16-5-3-2-4-6-16/h2-10,14,18H,11-13H2,1H3/t18-/m0/s1. The van der Waals surface area contributed by atoms with Gasteiger partial charge < -0.3 is 9.47 Å². The van der Waals surface area contributed by atoms with E-state index in [4.69, 9.17) is 9.47 Å². The molecule has 134 valence electrons. The van der Waals surface area contributed by atoms with Gasteiger partial charge >= 0.3 is 5.97 Å². The van der Waals surface area contributed by atoms with E-state index in [1.807, 2.05) is 61.5 Å². The van der Waals surface area contributed by atoms with Crippen LogP contribution >= 0.6 is 0 Å². The number of esters is 1. The summed E-state index contributed by atoms with van der Waals surface area (Å²) in [5, 5.41) is 11.1. The minimum atomic E-state index is -0.619. The first-order valence-corrected chi connectivity index (χ1v) is 8.35. The predicted octanol–water partition coefficient (Wildman–Crippen LogP) is 2.39. The molecule has 1 heterocycles. The van der Waals surface area contributed by atoms with Crippen LogP contribution in [0.5, 0.6) is 5.75 Å². The second kappa shape index (κ2) is 8.75. The Labute approximate surface area is 151 Å². The summed E-state index contributed by atoms with van der Waals surface area (Å²) in [4.78, 5) is 12.5. The van der Waals surface area contributed by atoms with Gasteiger partial charge in [0.05, 0.1) is 0 Å². The molecule has 0 unspecified atom stereocenters. The SMILES string of the molecule is Cc1ccc(OCCOC(=O)[C@H](Cc2ccccc2)n2cnnn2)cc1. The molecule has 0 amide bonds. The minimum Gasteiger partial charge on any atom is -0.490 e. The molecule has 0 saturated carbocycles. The average Bonchev–Trinajstić information content (AvgIpc) is 3.20. The Morgan fingerprint density at radius 1 is 1.08 bits per heavy atom. The molecule has 1 atom stereocenters. The number of hydrogen-bond donors (Lipinski definition) is 0. The highest BCUT2D eigenvalue weighted by Gasteiger charge is 2.23. The van der Waals surface area contributed by atoms with Crippen molar-refractivity contribution in [2.24, 2.45) is 0 Å². The van der Waals surface area contributed by atoms with E-state index in [0.717, 1.165) is 16.9 Å². The molecule has 0 aliphatic heterocycles. The smallest absolute Gasteiger partial charge is 0.331 e. The lowest BCUT2D eigenvalue weighted by atomic mass is 10.1. The molecular formula is C19H20N4O3. The molecule has 3 rings (SSSR count). The van der Waals surface area contributed by atoms with Crippen molar-refractivity contribution >= 4 is 5.97 Å². The van der Waals surface area contributed by atoms with Crippen LogP contribution in [-0.2, 0) is 16.0 Å². The lowest BCUT2D eigenvalue weighted by molar-refractivity contribution is -0.148.